The van der Waals surface area contributed by atoms with Crippen LogP contribution in [0.5, 0.6) is 0 Å². The van der Waals surface area contributed by atoms with Gasteiger partial charge in [0.1, 0.15) is 11.6 Å². The van der Waals surface area contributed by atoms with Crippen LogP contribution >= 0.6 is 35.0 Å². The van der Waals surface area contributed by atoms with Gasteiger partial charge in [0.2, 0.25) is 5.91 Å². The van der Waals surface area contributed by atoms with Gasteiger partial charge < -0.3 is 9.80 Å². The van der Waals surface area contributed by atoms with E-state index in [1.807, 2.05) is 13.0 Å². The van der Waals surface area contributed by atoms with Crippen molar-refractivity contribution in [2.75, 3.05) is 30.3 Å². The maximum absolute atomic E-state index is 13.8. The number of halogens is 3. The quantitative estimate of drug-likeness (QED) is 0.464. The normalized spacial score (nSPS) is 17.8. The smallest absolute Gasteiger partial charge is 0.350 e. The van der Waals surface area contributed by atoms with E-state index in [9.17, 15) is 14.0 Å². The summed E-state index contributed by atoms with van der Waals surface area (Å²) in [4.78, 5) is 34.3. The van der Waals surface area contributed by atoms with Gasteiger partial charge in [0.25, 0.3) is 0 Å². The maximum Gasteiger partial charge on any atom is 0.350 e. The number of amides is 1. The summed E-state index contributed by atoms with van der Waals surface area (Å²) in [7, 11) is 0. The average Bonchev–Trinajstić information content (AvgIpc) is 2.82. The van der Waals surface area contributed by atoms with Crippen molar-refractivity contribution in [3.05, 3.63) is 63.3 Å². The Balaban J connectivity index is 1.70. The number of aromatic nitrogens is 2. The molecule has 0 N–H and O–H groups in total. The molecule has 1 fully saturated rings. The third kappa shape index (κ3) is 3.78. The molecule has 0 spiro atoms. The van der Waals surface area contributed by atoms with Gasteiger partial charge in [-0.25, -0.2) is 9.18 Å². The fourth-order valence-electron chi connectivity index (χ4n) is 4.69. The van der Waals surface area contributed by atoms with Crippen LogP contribution in [0.25, 0.3) is 22.0 Å². The van der Waals surface area contributed by atoms with Gasteiger partial charge in [0.05, 0.1) is 15.6 Å². The number of rotatable bonds is 3. The van der Waals surface area contributed by atoms with Crippen LogP contribution in [0.1, 0.15) is 6.92 Å². The zero-order valence-electron chi connectivity index (χ0n) is 18.4. The largest absolute Gasteiger partial charge is 0.350 e. The van der Waals surface area contributed by atoms with Gasteiger partial charge in [-0.15, -0.1) is 11.8 Å². The molecule has 5 rings (SSSR count). The van der Waals surface area contributed by atoms with Crippen LogP contribution in [0.4, 0.5) is 10.2 Å². The van der Waals surface area contributed by atoms with E-state index >= 15 is 0 Å². The van der Waals surface area contributed by atoms with Gasteiger partial charge in [-0.3, -0.25) is 9.36 Å². The topological polar surface area (TPSA) is 58.4 Å². The Morgan fingerprint density at radius 3 is 2.74 bits per heavy atom. The lowest BCUT2D eigenvalue weighted by molar-refractivity contribution is -0.126. The summed E-state index contributed by atoms with van der Waals surface area (Å²) >= 11 is 14.5. The fraction of sp³-hybridized carbons (Fsp3) is 0.292. The molecule has 1 aromatic heterocycles. The van der Waals surface area contributed by atoms with Crippen molar-refractivity contribution in [1.29, 1.82) is 0 Å². The van der Waals surface area contributed by atoms with Gasteiger partial charge in [-0.05, 0) is 36.8 Å². The summed E-state index contributed by atoms with van der Waals surface area (Å²) in [5.41, 5.74) is 1.85. The highest BCUT2D eigenvalue weighted by atomic mass is 35.5. The number of thioether (sulfide) groups is 1. The number of carbonyl (C=O) groups is 1. The summed E-state index contributed by atoms with van der Waals surface area (Å²) in [5.74, 6) is 0.627. The number of piperazine rings is 1. The van der Waals surface area contributed by atoms with E-state index in [2.05, 4.69) is 16.5 Å². The summed E-state index contributed by atoms with van der Waals surface area (Å²) < 4.78 is 15.5. The van der Waals surface area contributed by atoms with Crippen molar-refractivity contribution in [3.63, 3.8) is 0 Å². The average molecular weight is 519 g/mol. The summed E-state index contributed by atoms with van der Waals surface area (Å²) in [6, 6.07) is 6.28. The molecule has 0 bridgehead atoms. The molecule has 0 unspecified atom stereocenters. The maximum atomic E-state index is 13.8. The molecule has 1 amide bonds. The fourth-order valence-corrected chi connectivity index (χ4v) is 6.45. The minimum absolute atomic E-state index is 0.00949. The summed E-state index contributed by atoms with van der Waals surface area (Å²) in [5, 5.41) is 1.26. The Labute approximate surface area is 210 Å². The second kappa shape index (κ2) is 8.91. The molecule has 0 radical (unpaired) electrons. The standard InChI is InChI=1S/C24H21Cl2FN4O2S/c1-3-19(32)29-6-7-30(13(2)12-29)23-15-11-17(26)20(14-4-5-18(27)16(25)10-14)22-21(15)31(8-9-34-22)24(33)28-23/h3-5,10-11,13H,1,6-9,12H2,2H3/t13-/m0/s1. The van der Waals surface area contributed by atoms with Crippen LogP contribution in [0, 0.1) is 5.82 Å². The Kier molecular flexibility index (Phi) is 6.08. The minimum Gasteiger partial charge on any atom is -0.350 e. The highest BCUT2D eigenvalue weighted by molar-refractivity contribution is 7.99. The van der Waals surface area contributed by atoms with Crippen molar-refractivity contribution >= 4 is 57.6 Å². The zero-order chi connectivity index (χ0) is 24.1. The number of aryl methyl sites for hydroxylation is 1. The highest BCUT2D eigenvalue weighted by Crippen LogP contribution is 2.46. The van der Waals surface area contributed by atoms with Crippen molar-refractivity contribution in [1.82, 2.24) is 14.5 Å². The molecule has 34 heavy (non-hydrogen) atoms. The van der Waals surface area contributed by atoms with E-state index < -0.39 is 5.82 Å². The van der Waals surface area contributed by atoms with Crippen molar-refractivity contribution < 1.29 is 9.18 Å². The Bertz CT molecular complexity index is 1410. The SMILES string of the molecule is C=CC(=O)N1CCN(c2nc(=O)n3c4c(c(-c5ccc(F)c(Cl)c5)c(Cl)cc24)SCC3)[C@@H](C)C1. The predicted molar refractivity (Wildman–Crippen MR) is 136 cm³/mol. The van der Waals surface area contributed by atoms with Gasteiger partial charge in [0.15, 0.2) is 0 Å². The van der Waals surface area contributed by atoms with Crippen LogP contribution in [0.3, 0.4) is 0 Å². The lowest BCUT2D eigenvalue weighted by Crippen LogP contribution is -2.54. The van der Waals surface area contributed by atoms with Crippen LogP contribution in [-0.2, 0) is 11.3 Å². The first-order chi connectivity index (χ1) is 16.3. The van der Waals surface area contributed by atoms with E-state index in [-0.39, 0.29) is 22.7 Å². The van der Waals surface area contributed by atoms with E-state index in [1.165, 1.54) is 12.1 Å². The van der Waals surface area contributed by atoms with Gasteiger partial charge in [-0.1, -0.05) is 35.8 Å². The molecule has 176 valence electrons. The number of hydrogen-bond acceptors (Lipinski definition) is 5. The molecular weight excluding hydrogens is 498 g/mol. The van der Waals surface area contributed by atoms with Gasteiger partial charge in [-0.2, -0.15) is 4.98 Å². The molecule has 0 saturated carbocycles. The molecule has 3 heterocycles. The molecule has 6 nitrogen and oxygen atoms in total. The Hall–Kier alpha value is -2.55. The molecule has 1 atom stereocenters. The zero-order valence-corrected chi connectivity index (χ0v) is 20.7. The Morgan fingerprint density at radius 2 is 2.03 bits per heavy atom. The van der Waals surface area contributed by atoms with Gasteiger partial charge >= 0.3 is 5.69 Å². The van der Waals surface area contributed by atoms with Crippen molar-refractivity contribution in [2.24, 2.45) is 0 Å². The lowest BCUT2D eigenvalue weighted by atomic mass is 10.0. The molecular formula is C24H21Cl2FN4O2S. The number of anilines is 1. The summed E-state index contributed by atoms with van der Waals surface area (Å²) in [6.45, 7) is 7.63. The van der Waals surface area contributed by atoms with Gasteiger partial charge in [0, 0.05) is 53.8 Å². The molecule has 2 aliphatic heterocycles. The molecule has 3 aromatic rings. The predicted octanol–water partition coefficient (Wildman–Crippen LogP) is 4.84. The molecule has 1 saturated heterocycles. The van der Waals surface area contributed by atoms with Crippen LogP contribution in [-0.4, -0.2) is 51.8 Å². The first-order valence-corrected chi connectivity index (χ1v) is 12.6. The number of hydrogen-bond donors (Lipinski definition) is 0. The van der Waals surface area contributed by atoms with E-state index in [0.717, 1.165) is 21.4 Å². The lowest BCUT2D eigenvalue weighted by Gasteiger charge is -2.40. The van der Waals surface area contributed by atoms with Crippen LogP contribution < -0.4 is 10.6 Å². The third-order valence-corrected chi connectivity index (χ3v) is 7.97. The molecule has 0 aliphatic carbocycles. The Morgan fingerprint density at radius 1 is 1.24 bits per heavy atom. The molecule has 10 heteroatoms. The highest BCUT2D eigenvalue weighted by Gasteiger charge is 2.31. The van der Waals surface area contributed by atoms with Crippen LogP contribution in [0.15, 0.2) is 46.6 Å². The second-order valence-electron chi connectivity index (χ2n) is 8.34. The monoisotopic (exact) mass is 518 g/mol. The van der Waals surface area contributed by atoms with E-state index in [0.29, 0.717) is 48.3 Å². The minimum atomic E-state index is -0.505. The third-order valence-electron chi connectivity index (χ3n) is 6.31. The first-order valence-electron chi connectivity index (χ1n) is 10.8. The van der Waals surface area contributed by atoms with Crippen molar-refractivity contribution in [3.8, 4) is 11.1 Å². The van der Waals surface area contributed by atoms with E-state index in [4.69, 9.17) is 23.2 Å². The number of carbonyl (C=O) groups excluding carboxylic acids is 1. The summed E-state index contributed by atoms with van der Waals surface area (Å²) in [6.07, 6.45) is 1.32. The molecule has 2 aromatic carbocycles. The van der Waals surface area contributed by atoms with E-state index in [1.54, 1.807) is 33.4 Å². The number of nitrogens with zero attached hydrogens (tertiary/aromatic N) is 4. The first kappa shape index (κ1) is 23.2. The second-order valence-corrected chi connectivity index (χ2v) is 10.3. The number of benzene rings is 2. The molecule has 2 aliphatic rings. The van der Waals surface area contributed by atoms with Crippen LogP contribution in [0.2, 0.25) is 10.0 Å². The van der Waals surface area contributed by atoms with Crippen molar-refractivity contribution in [2.45, 2.75) is 24.4 Å².